The van der Waals surface area contributed by atoms with Crippen LogP contribution in [-0.4, -0.2) is 41.6 Å². The molecule has 0 unspecified atom stereocenters. The van der Waals surface area contributed by atoms with Crippen LogP contribution in [0.25, 0.3) is 0 Å². The van der Waals surface area contributed by atoms with Gasteiger partial charge in [0.25, 0.3) is 5.91 Å². The Balaban J connectivity index is 3.03. The van der Waals surface area contributed by atoms with Crippen molar-refractivity contribution in [2.24, 2.45) is 0 Å². The van der Waals surface area contributed by atoms with Crippen molar-refractivity contribution in [3.8, 4) is 5.75 Å². The Bertz CT molecular complexity index is 502. The Kier molecular flexibility index (Phi) is 5.82. The number of methoxy groups -OCH3 is 1. The molecule has 1 aromatic carbocycles. The van der Waals surface area contributed by atoms with Crippen LogP contribution in [-0.2, 0) is 4.79 Å². The zero-order valence-corrected chi connectivity index (χ0v) is 12.5. The number of hydrogen-bond donors (Lipinski definition) is 1. The first kappa shape index (κ1) is 16.3. The number of hydrogen-bond acceptors (Lipinski definition) is 3. The molecule has 0 fully saturated rings. The predicted octanol–water partition coefficient (Wildman–Crippen LogP) is 2.67. The number of nitrogens with zero attached hydrogens (tertiary/aromatic N) is 1. The van der Waals surface area contributed by atoms with E-state index in [0.717, 1.165) is 0 Å². The van der Waals surface area contributed by atoms with Gasteiger partial charge in [-0.3, -0.25) is 9.59 Å². The molecule has 1 N–H and O–H groups in total. The standard InChI is InChI=1S/C14H18ClNO4/c1-9(2)16(7-6-13(17)18)14(19)11-5-4-10(15)8-12(11)20-3/h4-5,8-9H,6-7H2,1-3H3,(H,17,18). The third-order valence-corrected chi connectivity index (χ3v) is 3.08. The van der Waals surface area contributed by atoms with Crippen molar-refractivity contribution in [3.05, 3.63) is 28.8 Å². The van der Waals surface area contributed by atoms with Gasteiger partial charge in [-0.2, -0.15) is 0 Å². The summed E-state index contributed by atoms with van der Waals surface area (Å²) in [5.74, 6) is -0.829. The second-order valence-corrected chi connectivity index (χ2v) is 5.02. The van der Waals surface area contributed by atoms with E-state index in [1.54, 1.807) is 18.2 Å². The molecular weight excluding hydrogens is 282 g/mol. The van der Waals surface area contributed by atoms with E-state index in [1.807, 2.05) is 13.8 Å². The maximum atomic E-state index is 12.5. The summed E-state index contributed by atoms with van der Waals surface area (Å²) in [6.07, 6.45) is -0.0974. The summed E-state index contributed by atoms with van der Waals surface area (Å²) in [4.78, 5) is 24.7. The molecule has 5 nitrogen and oxygen atoms in total. The Morgan fingerprint density at radius 3 is 2.55 bits per heavy atom. The second kappa shape index (κ2) is 7.14. The molecule has 0 aliphatic rings. The zero-order valence-electron chi connectivity index (χ0n) is 11.7. The molecule has 1 aromatic rings. The summed E-state index contributed by atoms with van der Waals surface area (Å²) < 4.78 is 5.15. The molecule has 0 aliphatic carbocycles. The van der Waals surface area contributed by atoms with Gasteiger partial charge in [0.2, 0.25) is 0 Å². The Labute approximate surface area is 123 Å². The van der Waals surface area contributed by atoms with E-state index in [4.69, 9.17) is 21.4 Å². The molecular formula is C14H18ClNO4. The van der Waals surface area contributed by atoms with Crippen LogP contribution in [0.1, 0.15) is 30.6 Å². The van der Waals surface area contributed by atoms with Crippen LogP contribution in [0.4, 0.5) is 0 Å². The summed E-state index contributed by atoms with van der Waals surface area (Å²) in [5.41, 5.74) is 0.371. The first-order valence-corrected chi connectivity index (χ1v) is 6.61. The van der Waals surface area contributed by atoms with Gasteiger partial charge in [0.15, 0.2) is 0 Å². The highest BCUT2D eigenvalue weighted by Gasteiger charge is 2.22. The molecule has 20 heavy (non-hydrogen) atoms. The van der Waals surface area contributed by atoms with Gasteiger partial charge in [-0.25, -0.2) is 0 Å². The molecule has 1 amide bonds. The highest BCUT2D eigenvalue weighted by molar-refractivity contribution is 6.30. The molecule has 6 heteroatoms. The van der Waals surface area contributed by atoms with Crippen LogP contribution in [0.15, 0.2) is 18.2 Å². The van der Waals surface area contributed by atoms with Crippen molar-refractivity contribution in [1.29, 1.82) is 0 Å². The van der Waals surface area contributed by atoms with Crippen molar-refractivity contribution in [2.45, 2.75) is 26.3 Å². The zero-order chi connectivity index (χ0) is 15.3. The summed E-state index contributed by atoms with van der Waals surface area (Å²) >= 11 is 5.86. The van der Waals surface area contributed by atoms with E-state index in [9.17, 15) is 9.59 Å². The molecule has 0 spiro atoms. The maximum absolute atomic E-state index is 12.5. The van der Waals surface area contributed by atoms with E-state index in [0.29, 0.717) is 16.3 Å². The fourth-order valence-corrected chi connectivity index (χ4v) is 1.97. The normalized spacial score (nSPS) is 10.4. The lowest BCUT2D eigenvalue weighted by molar-refractivity contribution is -0.137. The molecule has 0 atom stereocenters. The third kappa shape index (κ3) is 4.13. The highest BCUT2D eigenvalue weighted by Crippen LogP contribution is 2.25. The molecule has 0 aliphatic heterocycles. The molecule has 0 saturated heterocycles. The monoisotopic (exact) mass is 299 g/mol. The fraction of sp³-hybridized carbons (Fsp3) is 0.429. The SMILES string of the molecule is COc1cc(Cl)ccc1C(=O)N(CCC(=O)O)C(C)C. The van der Waals surface area contributed by atoms with Gasteiger partial charge in [0, 0.05) is 17.6 Å². The predicted molar refractivity (Wildman–Crippen MR) is 76.4 cm³/mol. The van der Waals surface area contributed by atoms with Crippen molar-refractivity contribution < 1.29 is 19.4 Å². The summed E-state index contributed by atoms with van der Waals surface area (Å²) in [7, 11) is 1.46. The fourth-order valence-electron chi connectivity index (χ4n) is 1.81. The number of aliphatic carboxylic acids is 1. The Morgan fingerprint density at radius 1 is 1.40 bits per heavy atom. The second-order valence-electron chi connectivity index (χ2n) is 4.58. The molecule has 0 radical (unpaired) electrons. The van der Waals surface area contributed by atoms with Crippen LogP contribution < -0.4 is 4.74 Å². The van der Waals surface area contributed by atoms with Crippen LogP contribution in [0.5, 0.6) is 5.75 Å². The number of carboxylic acids is 1. The van der Waals surface area contributed by atoms with E-state index in [-0.39, 0.29) is 24.9 Å². The first-order valence-electron chi connectivity index (χ1n) is 6.23. The number of halogens is 1. The van der Waals surface area contributed by atoms with Gasteiger partial charge in [-0.1, -0.05) is 11.6 Å². The first-order chi connectivity index (χ1) is 9.36. The third-order valence-electron chi connectivity index (χ3n) is 2.84. The number of carbonyl (C=O) groups is 2. The summed E-state index contributed by atoms with van der Waals surface area (Å²) in [6.45, 7) is 3.82. The lowest BCUT2D eigenvalue weighted by Crippen LogP contribution is -2.38. The van der Waals surface area contributed by atoms with Crippen LogP contribution in [0, 0.1) is 0 Å². The maximum Gasteiger partial charge on any atom is 0.305 e. The van der Waals surface area contributed by atoms with E-state index >= 15 is 0 Å². The molecule has 0 saturated carbocycles. The summed E-state index contributed by atoms with van der Waals surface area (Å²) in [5, 5.41) is 9.23. The van der Waals surface area contributed by atoms with E-state index < -0.39 is 5.97 Å². The lowest BCUT2D eigenvalue weighted by atomic mass is 10.1. The smallest absolute Gasteiger partial charge is 0.305 e. The topological polar surface area (TPSA) is 66.8 Å². The minimum absolute atomic E-state index is 0.0974. The van der Waals surface area contributed by atoms with Gasteiger partial charge in [0.1, 0.15) is 5.75 Å². The van der Waals surface area contributed by atoms with Gasteiger partial charge < -0.3 is 14.7 Å². The quantitative estimate of drug-likeness (QED) is 0.877. The average Bonchev–Trinajstić information content (AvgIpc) is 2.37. The van der Waals surface area contributed by atoms with Gasteiger partial charge in [-0.15, -0.1) is 0 Å². The number of rotatable bonds is 6. The van der Waals surface area contributed by atoms with Crippen LogP contribution in [0.2, 0.25) is 5.02 Å². The Morgan fingerprint density at radius 2 is 2.05 bits per heavy atom. The van der Waals surface area contributed by atoms with E-state index in [2.05, 4.69) is 0 Å². The minimum atomic E-state index is -0.938. The molecule has 0 bridgehead atoms. The van der Waals surface area contributed by atoms with Crippen LogP contribution >= 0.6 is 11.6 Å². The summed E-state index contributed by atoms with van der Waals surface area (Å²) in [6, 6.07) is 4.64. The Hall–Kier alpha value is -1.75. The number of ether oxygens (including phenoxy) is 1. The minimum Gasteiger partial charge on any atom is -0.496 e. The van der Waals surface area contributed by atoms with Gasteiger partial charge in [-0.05, 0) is 32.0 Å². The highest BCUT2D eigenvalue weighted by atomic mass is 35.5. The van der Waals surface area contributed by atoms with Crippen molar-refractivity contribution in [3.63, 3.8) is 0 Å². The molecule has 110 valence electrons. The van der Waals surface area contributed by atoms with E-state index in [1.165, 1.54) is 12.0 Å². The number of amides is 1. The van der Waals surface area contributed by atoms with Gasteiger partial charge in [0.05, 0.1) is 19.1 Å². The molecule has 0 aromatic heterocycles. The van der Waals surface area contributed by atoms with Crippen molar-refractivity contribution in [1.82, 2.24) is 4.90 Å². The van der Waals surface area contributed by atoms with Gasteiger partial charge >= 0.3 is 5.97 Å². The lowest BCUT2D eigenvalue weighted by Gasteiger charge is -2.27. The van der Waals surface area contributed by atoms with Crippen molar-refractivity contribution in [2.75, 3.05) is 13.7 Å². The number of carbonyl (C=O) groups excluding carboxylic acids is 1. The number of benzene rings is 1. The van der Waals surface area contributed by atoms with Crippen LogP contribution in [0.3, 0.4) is 0 Å². The largest absolute Gasteiger partial charge is 0.496 e. The molecule has 0 heterocycles. The molecule has 1 rings (SSSR count). The average molecular weight is 300 g/mol. The number of carboxylic acid groups (broad SMARTS) is 1. The van der Waals surface area contributed by atoms with Crippen molar-refractivity contribution >= 4 is 23.5 Å².